The van der Waals surface area contributed by atoms with Crippen molar-refractivity contribution < 1.29 is 9.90 Å². The summed E-state index contributed by atoms with van der Waals surface area (Å²) in [5, 5.41) is 9.08. The number of aliphatic hydroxyl groups is 1. The summed E-state index contributed by atoms with van der Waals surface area (Å²) in [6, 6.07) is 9.57. The maximum atomic E-state index is 11.3. The number of aliphatic hydroxyl groups excluding tert-OH is 1. The van der Waals surface area contributed by atoms with Gasteiger partial charge in [0.25, 0.3) is 0 Å². The van der Waals surface area contributed by atoms with Crippen LogP contribution in [-0.2, 0) is 4.79 Å². The standard InChI is InChI=1S/C12H14O2/c1-9(12(14)10(2)13)8-11-6-4-3-5-7-11/h3-8,10,13H,1-2H3/b9-8+/t10-/m1/s1. The van der Waals surface area contributed by atoms with Gasteiger partial charge in [0, 0.05) is 0 Å². The van der Waals surface area contributed by atoms with Crippen LogP contribution >= 0.6 is 0 Å². The Morgan fingerprint density at radius 2 is 1.93 bits per heavy atom. The molecule has 2 heteroatoms. The number of ketones is 1. The number of rotatable bonds is 3. The molecule has 0 aromatic heterocycles. The second-order valence-electron chi connectivity index (χ2n) is 3.28. The van der Waals surface area contributed by atoms with E-state index in [0.29, 0.717) is 5.57 Å². The first kappa shape index (κ1) is 10.7. The van der Waals surface area contributed by atoms with Crippen LogP contribution in [0.25, 0.3) is 6.08 Å². The number of Topliss-reactive ketones (excluding diaryl/α,β-unsaturated/α-hetero) is 1. The molecule has 1 N–H and O–H groups in total. The molecule has 0 saturated carbocycles. The quantitative estimate of drug-likeness (QED) is 0.740. The largest absolute Gasteiger partial charge is 0.385 e. The van der Waals surface area contributed by atoms with Gasteiger partial charge in [-0.15, -0.1) is 0 Å². The van der Waals surface area contributed by atoms with Crippen LogP contribution in [-0.4, -0.2) is 17.0 Å². The van der Waals surface area contributed by atoms with E-state index in [0.717, 1.165) is 5.56 Å². The van der Waals surface area contributed by atoms with E-state index in [1.54, 1.807) is 13.0 Å². The minimum Gasteiger partial charge on any atom is -0.385 e. The Hall–Kier alpha value is -1.41. The third-order valence-electron chi connectivity index (χ3n) is 1.95. The summed E-state index contributed by atoms with van der Waals surface area (Å²) >= 11 is 0. The van der Waals surface area contributed by atoms with Crippen LogP contribution in [0.15, 0.2) is 35.9 Å². The number of carbonyl (C=O) groups is 1. The molecule has 0 radical (unpaired) electrons. The zero-order chi connectivity index (χ0) is 10.6. The number of hydrogen-bond donors (Lipinski definition) is 1. The van der Waals surface area contributed by atoms with Gasteiger partial charge in [0.15, 0.2) is 5.78 Å². The Kier molecular flexibility index (Phi) is 3.60. The lowest BCUT2D eigenvalue weighted by molar-refractivity contribution is -0.122. The molecular formula is C12H14O2. The summed E-state index contributed by atoms with van der Waals surface area (Å²) in [4.78, 5) is 11.3. The minimum atomic E-state index is -0.921. The van der Waals surface area contributed by atoms with Gasteiger partial charge in [0.2, 0.25) is 0 Å². The van der Waals surface area contributed by atoms with E-state index >= 15 is 0 Å². The van der Waals surface area contributed by atoms with Crippen molar-refractivity contribution in [2.75, 3.05) is 0 Å². The van der Waals surface area contributed by atoms with Crippen LogP contribution in [0.5, 0.6) is 0 Å². The van der Waals surface area contributed by atoms with Gasteiger partial charge in [-0.25, -0.2) is 0 Å². The highest BCUT2D eigenvalue weighted by atomic mass is 16.3. The zero-order valence-corrected chi connectivity index (χ0v) is 8.40. The number of carbonyl (C=O) groups excluding carboxylic acids is 1. The van der Waals surface area contributed by atoms with E-state index in [2.05, 4.69) is 0 Å². The molecule has 0 spiro atoms. The van der Waals surface area contributed by atoms with Gasteiger partial charge in [-0.2, -0.15) is 0 Å². The maximum Gasteiger partial charge on any atom is 0.186 e. The topological polar surface area (TPSA) is 37.3 Å². The highest BCUT2D eigenvalue weighted by Gasteiger charge is 2.10. The molecule has 1 aromatic carbocycles. The third-order valence-corrected chi connectivity index (χ3v) is 1.95. The van der Waals surface area contributed by atoms with Crippen molar-refractivity contribution in [3.63, 3.8) is 0 Å². The van der Waals surface area contributed by atoms with Crippen LogP contribution < -0.4 is 0 Å². The molecule has 0 heterocycles. The van der Waals surface area contributed by atoms with Crippen molar-refractivity contribution in [3.8, 4) is 0 Å². The van der Waals surface area contributed by atoms with Gasteiger partial charge < -0.3 is 5.11 Å². The number of benzene rings is 1. The van der Waals surface area contributed by atoms with Gasteiger partial charge in [-0.3, -0.25) is 4.79 Å². The monoisotopic (exact) mass is 190 g/mol. The molecule has 0 aliphatic carbocycles. The molecule has 1 aromatic rings. The lowest BCUT2D eigenvalue weighted by Crippen LogP contribution is -2.16. The Bertz CT molecular complexity index is 337. The fraction of sp³-hybridized carbons (Fsp3) is 0.250. The van der Waals surface area contributed by atoms with E-state index < -0.39 is 6.10 Å². The van der Waals surface area contributed by atoms with Crippen LogP contribution in [0, 0.1) is 0 Å². The van der Waals surface area contributed by atoms with Crippen molar-refractivity contribution >= 4 is 11.9 Å². The predicted molar refractivity (Wildman–Crippen MR) is 56.8 cm³/mol. The van der Waals surface area contributed by atoms with Crippen molar-refractivity contribution in [1.82, 2.24) is 0 Å². The molecule has 14 heavy (non-hydrogen) atoms. The van der Waals surface area contributed by atoms with Crippen LogP contribution in [0.3, 0.4) is 0 Å². The Morgan fingerprint density at radius 1 is 1.36 bits per heavy atom. The smallest absolute Gasteiger partial charge is 0.186 e. The molecule has 0 unspecified atom stereocenters. The van der Waals surface area contributed by atoms with Crippen molar-refractivity contribution in [2.24, 2.45) is 0 Å². The molecule has 0 bridgehead atoms. The summed E-state index contributed by atoms with van der Waals surface area (Å²) < 4.78 is 0. The Morgan fingerprint density at radius 3 is 2.43 bits per heavy atom. The highest BCUT2D eigenvalue weighted by Crippen LogP contribution is 2.08. The van der Waals surface area contributed by atoms with E-state index in [1.807, 2.05) is 30.3 Å². The van der Waals surface area contributed by atoms with Gasteiger partial charge in [0.05, 0.1) is 0 Å². The minimum absolute atomic E-state index is 0.228. The second-order valence-corrected chi connectivity index (χ2v) is 3.28. The Labute approximate surface area is 83.9 Å². The predicted octanol–water partition coefficient (Wildman–Crippen LogP) is 2.04. The molecule has 1 rings (SSSR count). The first-order chi connectivity index (χ1) is 6.61. The molecular weight excluding hydrogens is 176 g/mol. The Balaban J connectivity index is 2.84. The molecule has 0 aliphatic rings. The van der Waals surface area contributed by atoms with Crippen LogP contribution in [0.2, 0.25) is 0 Å². The average molecular weight is 190 g/mol. The van der Waals surface area contributed by atoms with Gasteiger partial charge in [0.1, 0.15) is 6.10 Å². The van der Waals surface area contributed by atoms with E-state index in [-0.39, 0.29) is 5.78 Å². The normalized spacial score (nSPS) is 13.8. The van der Waals surface area contributed by atoms with E-state index in [1.165, 1.54) is 6.92 Å². The van der Waals surface area contributed by atoms with Crippen molar-refractivity contribution in [2.45, 2.75) is 20.0 Å². The maximum absolute atomic E-state index is 11.3. The summed E-state index contributed by atoms with van der Waals surface area (Å²) in [6.07, 6.45) is 0.852. The molecule has 2 nitrogen and oxygen atoms in total. The van der Waals surface area contributed by atoms with Crippen LogP contribution in [0.4, 0.5) is 0 Å². The highest BCUT2D eigenvalue weighted by molar-refractivity contribution is 6.01. The van der Waals surface area contributed by atoms with Crippen molar-refractivity contribution in [1.29, 1.82) is 0 Å². The first-order valence-corrected chi connectivity index (χ1v) is 4.57. The van der Waals surface area contributed by atoms with Gasteiger partial charge in [-0.05, 0) is 31.1 Å². The fourth-order valence-corrected chi connectivity index (χ4v) is 1.20. The summed E-state index contributed by atoms with van der Waals surface area (Å²) in [7, 11) is 0. The lowest BCUT2D eigenvalue weighted by atomic mass is 10.1. The SMILES string of the molecule is C/C(=C\c1ccccc1)C(=O)[C@@H](C)O. The summed E-state index contributed by atoms with van der Waals surface area (Å²) in [6.45, 7) is 3.19. The second kappa shape index (κ2) is 4.72. The molecule has 0 fully saturated rings. The summed E-state index contributed by atoms with van der Waals surface area (Å²) in [5.74, 6) is -0.228. The first-order valence-electron chi connectivity index (χ1n) is 4.57. The van der Waals surface area contributed by atoms with Gasteiger partial charge in [-0.1, -0.05) is 30.3 Å². The zero-order valence-electron chi connectivity index (χ0n) is 8.40. The molecule has 0 saturated heterocycles. The van der Waals surface area contributed by atoms with Crippen molar-refractivity contribution in [3.05, 3.63) is 41.5 Å². The lowest BCUT2D eigenvalue weighted by Gasteiger charge is -2.03. The molecule has 0 aliphatic heterocycles. The summed E-state index contributed by atoms with van der Waals surface area (Å²) in [5.41, 5.74) is 1.55. The molecule has 1 atom stereocenters. The molecule has 0 amide bonds. The van der Waals surface area contributed by atoms with E-state index in [9.17, 15) is 4.79 Å². The fourth-order valence-electron chi connectivity index (χ4n) is 1.20. The third kappa shape index (κ3) is 2.82. The van der Waals surface area contributed by atoms with E-state index in [4.69, 9.17) is 5.11 Å². The molecule has 74 valence electrons. The number of hydrogen-bond acceptors (Lipinski definition) is 2. The average Bonchev–Trinajstić information content (AvgIpc) is 2.18. The van der Waals surface area contributed by atoms with Gasteiger partial charge >= 0.3 is 0 Å². The van der Waals surface area contributed by atoms with Crippen LogP contribution in [0.1, 0.15) is 19.4 Å².